The second kappa shape index (κ2) is 20.2. The van der Waals surface area contributed by atoms with Gasteiger partial charge >= 0.3 is 24.3 Å². The molecule has 2 aromatic rings. The third-order valence-corrected chi connectivity index (χ3v) is 16.3. The van der Waals surface area contributed by atoms with Gasteiger partial charge in [0.15, 0.2) is 22.7 Å². The number of esters is 1. The summed E-state index contributed by atoms with van der Waals surface area (Å²) in [6.07, 6.45) is -8.96. The molecule has 0 saturated carbocycles. The van der Waals surface area contributed by atoms with Crippen LogP contribution in [-0.4, -0.2) is 162 Å². The lowest BCUT2D eigenvalue weighted by Gasteiger charge is -2.42. The van der Waals surface area contributed by atoms with Gasteiger partial charge in [-0.1, -0.05) is 0 Å². The van der Waals surface area contributed by atoms with E-state index in [0.717, 1.165) is 5.69 Å². The van der Waals surface area contributed by atoms with Crippen LogP contribution in [0.15, 0.2) is 48.5 Å². The number of alkyl halides is 6. The molecule has 16 nitrogen and oxygen atoms in total. The quantitative estimate of drug-likeness (QED) is 0.229. The summed E-state index contributed by atoms with van der Waals surface area (Å²) in [6.45, 7) is 4.76. The number of aliphatic carboxylic acids is 1. The largest absolute Gasteiger partial charge is 0.484 e. The highest BCUT2D eigenvalue weighted by Gasteiger charge is 2.57. The van der Waals surface area contributed by atoms with E-state index in [2.05, 4.69) is 4.74 Å². The molecule has 0 atom stereocenters. The van der Waals surface area contributed by atoms with Crippen LogP contribution in [0.1, 0.15) is 46.5 Å². The topological polar surface area (TPSA) is 182 Å². The molecule has 2 aromatic carbocycles. The number of carbonyl (C=O) groups excluding carboxylic acids is 1. The van der Waals surface area contributed by atoms with Crippen LogP contribution in [0, 0.1) is 0 Å². The van der Waals surface area contributed by atoms with E-state index in [0.29, 0.717) is 31.9 Å². The smallest absolute Gasteiger partial charge is 0.422 e. The molecule has 24 heteroatoms. The number of nitrogens with zero attached hydrogens (tertiary/aromatic N) is 4. The summed E-state index contributed by atoms with van der Waals surface area (Å²) in [5.74, 6) is -1.93. The molecule has 4 heterocycles. The zero-order chi connectivity index (χ0) is 47.2. The van der Waals surface area contributed by atoms with Gasteiger partial charge in [0.1, 0.15) is 17.1 Å². The predicted molar refractivity (Wildman–Crippen MR) is 220 cm³/mol. The maximum absolute atomic E-state index is 13.7. The second-order valence-electron chi connectivity index (χ2n) is 16.6. The zero-order valence-electron chi connectivity index (χ0n) is 35.7. The van der Waals surface area contributed by atoms with E-state index in [1.54, 1.807) is 45.0 Å². The summed E-state index contributed by atoms with van der Waals surface area (Å²) < 4.78 is 152. The van der Waals surface area contributed by atoms with Crippen LogP contribution in [0.2, 0.25) is 0 Å². The number of carboxylic acid groups (broad SMARTS) is 1. The Bertz CT molecular complexity index is 2090. The van der Waals surface area contributed by atoms with Crippen molar-refractivity contribution in [1.82, 2.24) is 8.61 Å². The molecule has 0 aromatic heterocycles. The van der Waals surface area contributed by atoms with E-state index in [1.165, 1.54) is 32.9 Å². The highest BCUT2D eigenvalue weighted by atomic mass is 32.2. The van der Waals surface area contributed by atoms with E-state index in [1.807, 2.05) is 9.80 Å². The molecule has 0 amide bonds. The van der Waals surface area contributed by atoms with Gasteiger partial charge in [0.25, 0.3) is 0 Å². The maximum atomic E-state index is 13.7. The van der Waals surface area contributed by atoms with Gasteiger partial charge in [-0.2, -0.15) is 35.0 Å². The SMILES string of the molecule is CC(C)(C)OC(=O)C1(S(=O)(=O)N2CCN(c3ccc(OCC(F)(F)F)cc3)CC2)CCOCC1.O=C(O)C1(S(=O)(=O)N2CCN(c3ccc(OCC(F)(F)F)cc3)CC2)CCOCC1. The summed E-state index contributed by atoms with van der Waals surface area (Å²) in [6, 6.07) is 12.2. The first-order valence-corrected chi connectivity index (χ1v) is 23.4. The third-order valence-electron chi connectivity index (χ3n) is 11.1. The van der Waals surface area contributed by atoms with Crippen molar-refractivity contribution in [3.05, 3.63) is 48.5 Å². The summed E-state index contributed by atoms with van der Waals surface area (Å²) in [4.78, 5) is 28.7. The normalized spacial score (nSPS) is 20.4. The molecule has 64 heavy (non-hydrogen) atoms. The molecule has 0 aliphatic carbocycles. The number of rotatable bonds is 12. The molecular formula is C40H54F6N4O12S2. The monoisotopic (exact) mass is 960 g/mol. The third kappa shape index (κ3) is 12.4. The summed E-state index contributed by atoms with van der Waals surface area (Å²) in [5, 5.41) is 9.65. The number of hydrogen-bond donors (Lipinski definition) is 1. The van der Waals surface area contributed by atoms with Gasteiger partial charge in [-0.05, 0) is 69.3 Å². The fraction of sp³-hybridized carbons (Fsp3) is 0.650. The molecule has 4 saturated heterocycles. The number of sulfonamides is 2. The number of benzene rings is 2. The van der Waals surface area contributed by atoms with Crippen LogP contribution >= 0.6 is 0 Å². The summed E-state index contributed by atoms with van der Waals surface area (Å²) >= 11 is 0. The van der Waals surface area contributed by atoms with E-state index in [4.69, 9.17) is 18.9 Å². The Morgan fingerprint density at radius 3 is 1.23 bits per heavy atom. The zero-order valence-corrected chi connectivity index (χ0v) is 37.3. The number of carboxylic acids is 1. The minimum Gasteiger partial charge on any atom is -0.484 e. The van der Waals surface area contributed by atoms with Crippen molar-refractivity contribution in [1.29, 1.82) is 0 Å². The highest BCUT2D eigenvalue weighted by Crippen LogP contribution is 2.37. The van der Waals surface area contributed by atoms with E-state index < -0.39 is 72.6 Å². The number of halogens is 6. The van der Waals surface area contributed by atoms with Gasteiger partial charge in [0.2, 0.25) is 20.0 Å². The van der Waals surface area contributed by atoms with Gasteiger partial charge in [-0.3, -0.25) is 9.59 Å². The van der Waals surface area contributed by atoms with Crippen LogP contribution in [0.25, 0.3) is 0 Å². The predicted octanol–water partition coefficient (Wildman–Crippen LogP) is 4.68. The molecule has 0 spiro atoms. The Labute approximate surface area is 368 Å². The molecular weight excluding hydrogens is 907 g/mol. The van der Waals surface area contributed by atoms with Crippen molar-refractivity contribution in [2.45, 2.75) is 73.9 Å². The van der Waals surface area contributed by atoms with Crippen molar-refractivity contribution >= 4 is 43.4 Å². The number of carbonyl (C=O) groups is 2. The Kier molecular flexibility index (Phi) is 16.1. The van der Waals surface area contributed by atoms with Gasteiger partial charge < -0.3 is 38.6 Å². The summed E-state index contributed by atoms with van der Waals surface area (Å²) in [5.41, 5.74) is 0.627. The molecule has 4 fully saturated rings. The van der Waals surface area contributed by atoms with Crippen LogP contribution < -0.4 is 19.3 Å². The van der Waals surface area contributed by atoms with Crippen molar-refractivity contribution in [2.75, 3.05) is 102 Å². The molecule has 0 radical (unpaired) electrons. The maximum Gasteiger partial charge on any atom is 0.422 e. The van der Waals surface area contributed by atoms with Crippen LogP contribution in [0.5, 0.6) is 11.5 Å². The lowest BCUT2D eigenvalue weighted by Crippen LogP contribution is -2.61. The van der Waals surface area contributed by atoms with Crippen molar-refractivity contribution < 1.29 is 81.6 Å². The molecule has 1 N–H and O–H groups in total. The Balaban J connectivity index is 0.000000243. The van der Waals surface area contributed by atoms with Gasteiger partial charge in [-0.25, -0.2) is 16.8 Å². The minimum absolute atomic E-state index is 0.0316. The van der Waals surface area contributed by atoms with Crippen molar-refractivity contribution in [3.8, 4) is 11.5 Å². The fourth-order valence-corrected chi connectivity index (χ4v) is 11.7. The van der Waals surface area contributed by atoms with Crippen LogP contribution in [0.3, 0.4) is 0 Å². The molecule has 6 rings (SSSR count). The number of ether oxygens (including phenoxy) is 5. The molecule has 4 aliphatic rings. The molecule has 4 aliphatic heterocycles. The summed E-state index contributed by atoms with van der Waals surface area (Å²) in [7, 11) is -8.11. The van der Waals surface area contributed by atoms with Crippen LogP contribution in [-0.2, 0) is 43.8 Å². The molecule has 0 unspecified atom stereocenters. The minimum atomic E-state index is -4.42. The van der Waals surface area contributed by atoms with Gasteiger partial charge in [0.05, 0.1) is 0 Å². The average molecular weight is 961 g/mol. The highest BCUT2D eigenvalue weighted by molar-refractivity contribution is 7.91. The van der Waals surface area contributed by atoms with E-state index in [-0.39, 0.29) is 89.8 Å². The lowest BCUT2D eigenvalue weighted by atomic mass is 9.99. The number of anilines is 2. The first-order valence-electron chi connectivity index (χ1n) is 20.5. The first-order chi connectivity index (χ1) is 29.8. The Hall–Kier alpha value is -4.10. The fourth-order valence-electron chi connectivity index (χ4n) is 7.63. The standard InChI is InChI=1S/C22H31F3N2O6S.C18H23F3N2O6S/c1-20(2,3)33-19(28)21(8-14-31-15-9-21)34(29,30)27-12-10-26(11-13-27)17-4-6-18(7-5-17)32-16-22(23,24)25;19-18(20,21)13-29-15-3-1-14(2-4-15)22-7-9-23(10-8-22)30(26,27)17(16(24)25)5-11-28-12-6-17/h4-7H,8-16H2,1-3H3;1-4H,5-13H2,(H,24,25). The van der Waals surface area contributed by atoms with Crippen molar-refractivity contribution in [2.24, 2.45) is 0 Å². The Morgan fingerprint density at radius 2 is 0.922 bits per heavy atom. The van der Waals surface area contributed by atoms with Gasteiger partial charge in [-0.15, -0.1) is 0 Å². The number of hydrogen-bond acceptors (Lipinski definition) is 13. The molecule has 0 bridgehead atoms. The average Bonchev–Trinajstić information content (AvgIpc) is 3.25. The second-order valence-corrected chi connectivity index (χ2v) is 21.1. The Morgan fingerprint density at radius 1 is 0.594 bits per heavy atom. The molecule has 360 valence electrons. The van der Waals surface area contributed by atoms with Gasteiger partial charge in [0, 0.05) is 116 Å². The number of piperazine rings is 2. The van der Waals surface area contributed by atoms with Crippen molar-refractivity contribution in [3.63, 3.8) is 0 Å². The van der Waals surface area contributed by atoms with E-state index >= 15 is 0 Å². The van der Waals surface area contributed by atoms with Crippen LogP contribution in [0.4, 0.5) is 37.7 Å². The van der Waals surface area contributed by atoms with E-state index in [9.17, 15) is 57.9 Å². The first kappa shape index (κ1) is 50.9. The lowest BCUT2D eigenvalue weighted by molar-refractivity contribution is -0.161.